The Labute approximate surface area is 181 Å². The summed E-state index contributed by atoms with van der Waals surface area (Å²) in [7, 11) is 0. The lowest BCUT2D eigenvalue weighted by Crippen LogP contribution is -2.47. The molecule has 3 aromatic carbocycles. The first-order valence-electron chi connectivity index (χ1n) is 9.30. The third kappa shape index (κ3) is 4.11. The van der Waals surface area contributed by atoms with Gasteiger partial charge >= 0.3 is 6.18 Å². The van der Waals surface area contributed by atoms with Crippen molar-refractivity contribution in [1.29, 1.82) is 0 Å². The van der Waals surface area contributed by atoms with Crippen molar-refractivity contribution in [3.8, 4) is 11.4 Å². The molecule has 1 atom stereocenters. The Balaban J connectivity index is 1.71. The second kappa shape index (κ2) is 8.07. The van der Waals surface area contributed by atoms with Gasteiger partial charge < -0.3 is 9.84 Å². The molecule has 4 nitrogen and oxygen atoms in total. The molecule has 0 saturated carbocycles. The van der Waals surface area contributed by atoms with E-state index in [4.69, 9.17) is 0 Å². The fourth-order valence-corrected chi connectivity index (χ4v) is 3.25. The molecule has 11 heteroatoms. The highest BCUT2D eigenvalue weighted by atomic mass is 19.4. The number of aliphatic hydroxyl groups is 1. The standard InChI is InChI=1S/C22H13F7N2O2/c23-14-2-4-16(5-3-14)31-19-6-1-13(7-12(19)10-30-31)21(32,22(27,28)29)11-33-20-17(25)8-15(24)9-18(20)26/h1-10,32H,11H2. The third-order valence-corrected chi connectivity index (χ3v) is 4.97. The highest BCUT2D eigenvalue weighted by molar-refractivity contribution is 5.81. The van der Waals surface area contributed by atoms with Gasteiger partial charge in [-0.05, 0) is 42.0 Å². The first-order chi connectivity index (χ1) is 15.5. The summed E-state index contributed by atoms with van der Waals surface area (Å²) >= 11 is 0. The van der Waals surface area contributed by atoms with E-state index in [0.29, 0.717) is 11.2 Å². The van der Waals surface area contributed by atoms with Gasteiger partial charge in [0.25, 0.3) is 0 Å². The van der Waals surface area contributed by atoms with E-state index in [1.54, 1.807) is 0 Å². The Bertz CT molecular complexity index is 1300. The zero-order chi connectivity index (χ0) is 24.0. The van der Waals surface area contributed by atoms with Crippen LogP contribution in [0.2, 0.25) is 0 Å². The predicted molar refractivity (Wildman–Crippen MR) is 103 cm³/mol. The Hall–Kier alpha value is -3.60. The van der Waals surface area contributed by atoms with Crippen molar-refractivity contribution in [3.63, 3.8) is 0 Å². The fraction of sp³-hybridized carbons (Fsp3) is 0.136. The van der Waals surface area contributed by atoms with E-state index >= 15 is 0 Å². The molecule has 0 radical (unpaired) electrons. The number of fused-ring (bicyclic) bond motifs is 1. The monoisotopic (exact) mass is 470 g/mol. The van der Waals surface area contributed by atoms with Gasteiger partial charge in [-0.3, -0.25) is 0 Å². The van der Waals surface area contributed by atoms with E-state index in [1.807, 2.05) is 0 Å². The van der Waals surface area contributed by atoms with Gasteiger partial charge in [-0.2, -0.15) is 18.3 Å². The van der Waals surface area contributed by atoms with Crippen molar-refractivity contribution < 1.29 is 40.6 Å². The van der Waals surface area contributed by atoms with Crippen LogP contribution in [0.25, 0.3) is 16.6 Å². The van der Waals surface area contributed by atoms with Crippen molar-refractivity contribution >= 4 is 10.9 Å². The smallest absolute Gasteiger partial charge is 0.424 e. The largest absolute Gasteiger partial charge is 0.484 e. The molecule has 0 fully saturated rings. The average Bonchev–Trinajstić information content (AvgIpc) is 3.16. The molecule has 33 heavy (non-hydrogen) atoms. The third-order valence-electron chi connectivity index (χ3n) is 4.97. The molecule has 4 rings (SSSR count). The van der Waals surface area contributed by atoms with Gasteiger partial charge in [0.15, 0.2) is 17.4 Å². The number of hydrogen-bond acceptors (Lipinski definition) is 3. The fourth-order valence-electron chi connectivity index (χ4n) is 3.25. The van der Waals surface area contributed by atoms with Crippen molar-refractivity contribution in [2.45, 2.75) is 11.8 Å². The molecular weight excluding hydrogens is 457 g/mol. The number of benzene rings is 3. The first-order valence-corrected chi connectivity index (χ1v) is 9.30. The SMILES string of the molecule is OC(COc1c(F)cc(F)cc1F)(c1ccc2c(cnn2-c2ccc(F)cc2)c1)C(F)(F)F. The van der Waals surface area contributed by atoms with Crippen LogP contribution in [-0.4, -0.2) is 27.7 Å². The maximum Gasteiger partial charge on any atom is 0.424 e. The number of halogens is 7. The maximum absolute atomic E-state index is 13.8. The summed E-state index contributed by atoms with van der Waals surface area (Å²) in [5, 5.41) is 14.8. The van der Waals surface area contributed by atoms with Crippen molar-refractivity contribution in [1.82, 2.24) is 9.78 Å². The van der Waals surface area contributed by atoms with Crippen molar-refractivity contribution in [2.75, 3.05) is 6.61 Å². The second-order valence-electron chi connectivity index (χ2n) is 7.15. The van der Waals surface area contributed by atoms with Crippen LogP contribution >= 0.6 is 0 Å². The zero-order valence-electron chi connectivity index (χ0n) is 16.4. The number of ether oxygens (including phenoxy) is 1. The Morgan fingerprint density at radius 1 is 0.848 bits per heavy atom. The summed E-state index contributed by atoms with van der Waals surface area (Å²) in [4.78, 5) is 0. The first kappa shape index (κ1) is 22.6. The van der Waals surface area contributed by atoms with Crippen molar-refractivity contribution in [2.24, 2.45) is 0 Å². The molecule has 0 saturated heterocycles. The van der Waals surface area contributed by atoms with Crippen LogP contribution in [0.4, 0.5) is 30.7 Å². The van der Waals surface area contributed by atoms with Crippen LogP contribution in [-0.2, 0) is 5.60 Å². The van der Waals surface area contributed by atoms with Gasteiger partial charge in [0, 0.05) is 17.5 Å². The molecule has 0 spiro atoms. The summed E-state index contributed by atoms with van der Waals surface area (Å²) in [6.45, 7) is -1.60. The van der Waals surface area contributed by atoms with E-state index in [-0.39, 0.29) is 17.5 Å². The van der Waals surface area contributed by atoms with Crippen molar-refractivity contribution in [3.05, 3.63) is 89.6 Å². The second-order valence-corrected chi connectivity index (χ2v) is 7.15. The number of nitrogens with zero attached hydrogens (tertiary/aromatic N) is 2. The zero-order valence-corrected chi connectivity index (χ0v) is 16.4. The molecule has 1 aromatic heterocycles. The average molecular weight is 470 g/mol. The number of alkyl halides is 3. The van der Waals surface area contributed by atoms with Gasteiger partial charge in [0.2, 0.25) is 5.60 Å². The summed E-state index contributed by atoms with van der Waals surface area (Å²) in [6.07, 6.45) is -4.07. The van der Waals surface area contributed by atoms with Crippen LogP contribution < -0.4 is 4.74 Å². The normalized spacial score (nSPS) is 13.8. The summed E-state index contributed by atoms with van der Waals surface area (Å²) in [5.74, 6) is -6.15. The van der Waals surface area contributed by atoms with E-state index < -0.39 is 53.0 Å². The van der Waals surface area contributed by atoms with Crippen LogP contribution in [0.3, 0.4) is 0 Å². The van der Waals surface area contributed by atoms with Crippen LogP contribution in [0, 0.1) is 23.3 Å². The predicted octanol–water partition coefficient (Wildman–Crippen LogP) is 5.41. The quantitative estimate of drug-likeness (QED) is 0.397. The summed E-state index contributed by atoms with van der Waals surface area (Å²) < 4.78 is 101. The summed E-state index contributed by atoms with van der Waals surface area (Å²) in [5.41, 5.74) is -3.54. The highest BCUT2D eigenvalue weighted by Crippen LogP contribution is 2.41. The number of hydrogen-bond donors (Lipinski definition) is 1. The molecule has 0 aliphatic rings. The maximum atomic E-state index is 13.8. The van der Waals surface area contributed by atoms with Crippen LogP contribution in [0.5, 0.6) is 5.75 Å². The molecule has 1 unspecified atom stereocenters. The van der Waals surface area contributed by atoms with E-state index in [2.05, 4.69) is 9.84 Å². The Morgan fingerprint density at radius 3 is 2.09 bits per heavy atom. The molecule has 172 valence electrons. The topological polar surface area (TPSA) is 47.3 Å². The summed E-state index contributed by atoms with van der Waals surface area (Å²) in [6, 6.07) is 8.88. The van der Waals surface area contributed by atoms with E-state index in [9.17, 15) is 35.8 Å². The molecule has 4 aromatic rings. The number of rotatable bonds is 5. The van der Waals surface area contributed by atoms with Crippen LogP contribution in [0.15, 0.2) is 60.8 Å². The van der Waals surface area contributed by atoms with E-state index in [1.165, 1.54) is 41.2 Å². The molecular formula is C22H13F7N2O2. The molecule has 1 heterocycles. The Morgan fingerprint density at radius 2 is 1.48 bits per heavy atom. The lowest BCUT2D eigenvalue weighted by atomic mass is 9.93. The molecule has 0 amide bonds. The highest BCUT2D eigenvalue weighted by Gasteiger charge is 2.56. The van der Waals surface area contributed by atoms with Gasteiger partial charge in [-0.15, -0.1) is 0 Å². The van der Waals surface area contributed by atoms with Gasteiger partial charge in [0.05, 0.1) is 17.4 Å². The Kier molecular flexibility index (Phi) is 5.52. The molecule has 0 bridgehead atoms. The molecule has 0 aliphatic heterocycles. The van der Waals surface area contributed by atoms with E-state index in [0.717, 1.165) is 12.1 Å². The minimum absolute atomic E-state index is 0.193. The van der Waals surface area contributed by atoms with Gasteiger partial charge in [-0.25, -0.2) is 22.2 Å². The molecule has 0 aliphatic carbocycles. The lowest BCUT2D eigenvalue weighted by molar-refractivity contribution is -0.275. The molecule has 1 N–H and O–H groups in total. The van der Waals surface area contributed by atoms with Crippen LogP contribution in [0.1, 0.15) is 5.56 Å². The minimum Gasteiger partial charge on any atom is -0.484 e. The van der Waals surface area contributed by atoms with Gasteiger partial charge in [0.1, 0.15) is 18.2 Å². The minimum atomic E-state index is -5.30. The lowest BCUT2D eigenvalue weighted by Gasteiger charge is -2.31. The van der Waals surface area contributed by atoms with Gasteiger partial charge in [-0.1, -0.05) is 6.07 Å². The number of aromatic nitrogens is 2.